The lowest BCUT2D eigenvalue weighted by atomic mass is 10.0. The van der Waals surface area contributed by atoms with Gasteiger partial charge in [0.2, 0.25) is 0 Å². The van der Waals surface area contributed by atoms with Crippen LogP contribution in [0.1, 0.15) is 0 Å². The highest BCUT2D eigenvalue weighted by Crippen LogP contribution is 2.35. The second-order valence-corrected chi connectivity index (χ2v) is 5.64. The van der Waals surface area contributed by atoms with E-state index in [-0.39, 0.29) is 0 Å². The van der Waals surface area contributed by atoms with Gasteiger partial charge in [0.05, 0.1) is 11.8 Å². The molecule has 0 aliphatic carbocycles. The summed E-state index contributed by atoms with van der Waals surface area (Å²) in [4.78, 5) is 21.8. The summed E-state index contributed by atoms with van der Waals surface area (Å²) in [6.07, 6.45) is 0. The third-order valence-electron chi connectivity index (χ3n) is 3.17. The molecule has 0 amide bonds. The van der Waals surface area contributed by atoms with E-state index in [4.69, 9.17) is 19.0 Å². The lowest BCUT2D eigenvalue weighted by Gasteiger charge is -2.08. The van der Waals surface area contributed by atoms with Crippen LogP contribution in [-0.4, -0.2) is 24.8 Å². The Bertz CT molecular complexity index is 906. The number of carbonyl (C=O) groups is 1. The highest BCUT2D eigenvalue weighted by molar-refractivity contribution is 7.16. The van der Waals surface area contributed by atoms with E-state index in [0.717, 1.165) is 16.9 Å². The Kier molecular flexibility index (Phi) is 4.03. The molecule has 0 aliphatic rings. The van der Waals surface area contributed by atoms with Gasteiger partial charge in [-0.2, -0.15) is 0 Å². The van der Waals surface area contributed by atoms with Crippen molar-refractivity contribution in [2.75, 3.05) is 13.7 Å². The summed E-state index contributed by atoms with van der Waals surface area (Å²) in [6.45, 7) is -0.458. The van der Waals surface area contributed by atoms with E-state index in [1.807, 2.05) is 12.1 Å². The molecular formula is C16H12O6S. The fraction of sp³-hybridized carbons (Fsp3) is 0.125. The van der Waals surface area contributed by atoms with Gasteiger partial charge in [-0.1, -0.05) is 23.5 Å². The van der Waals surface area contributed by atoms with Crippen LogP contribution in [0.25, 0.3) is 21.4 Å². The van der Waals surface area contributed by atoms with Crippen LogP contribution >= 0.6 is 11.3 Å². The van der Waals surface area contributed by atoms with Crippen molar-refractivity contribution in [3.8, 4) is 22.6 Å². The number of hydrogen-bond donors (Lipinski definition) is 1. The van der Waals surface area contributed by atoms with Crippen molar-refractivity contribution in [2.24, 2.45) is 0 Å². The molecule has 1 N–H and O–H groups in total. The van der Waals surface area contributed by atoms with Gasteiger partial charge in [0.25, 0.3) is 0 Å². The standard InChI is InChI=1S/C16H12O6S/c1-20-10-4-2-9(3-5-10)12-6-11(21-8-14(17)18)7-13-15(12)22-16(19)23-13/h2-7H,8H2,1H3,(H,17,18). The number of benzene rings is 2. The molecule has 23 heavy (non-hydrogen) atoms. The van der Waals surface area contributed by atoms with Gasteiger partial charge >= 0.3 is 10.9 Å². The number of methoxy groups -OCH3 is 1. The second kappa shape index (κ2) is 6.13. The monoisotopic (exact) mass is 332 g/mol. The van der Waals surface area contributed by atoms with Crippen LogP contribution in [0, 0.1) is 0 Å². The summed E-state index contributed by atoms with van der Waals surface area (Å²) in [5.74, 6) is -0.00529. The number of rotatable bonds is 5. The van der Waals surface area contributed by atoms with E-state index in [0.29, 0.717) is 27.3 Å². The fourth-order valence-electron chi connectivity index (χ4n) is 2.17. The highest BCUT2D eigenvalue weighted by atomic mass is 32.1. The quantitative estimate of drug-likeness (QED) is 0.773. The normalized spacial score (nSPS) is 10.7. The summed E-state index contributed by atoms with van der Waals surface area (Å²) in [7, 11) is 1.57. The van der Waals surface area contributed by atoms with Gasteiger partial charge in [0.1, 0.15) is 11.5 Å². The molecule has 3 aromatic rings. The van der Waals surface area contributed by atoms with Crippen LogP contribution in [0.2, 0.25) is 0 Å². The Labute approximate surface area is 134 Å². The molecule has 1 heterocycles. The van der Waals surface area contributed by atoms with Crippen LogP contribution in [0.5, 0.6) is 11.5 Å². The summed E-state index contributed by atoms with van der Waals surface area (Å²) >= 11 is 0.943. The molecule has 0 bridgehead atoms. The Morgan fingerprint density at radius 3 is 2.61 bits per heavy atom. The predicted molar refractivity (Wildman–Crippen MR) is 85.5 cm³/mol. The molecule has 0 fully saturated rings. The van der Waals surface area contributed by atoms with Crippen LogP contribution in [0.15, 0.2) is 45.6 Å². The Balaban J connectivity index is 2.11. The molecule has 118 valence electrons. The largest absolute Gasteiger partial charge is 0.497 e. The average Bonchev–Trinajstić information content (AvgIpc) is 2.92. The molecule has 3 rings (SSSR count). The maximum Gasteiger partial charge on any atom is 0.396 e. The van der Waals surface area contributed by atoms with E-state index < -0.39 is 17.5 Å². The number of hydrogen-bond acceptors (Lipinski definition) is 6. The zero-order valence-electron chi connectivity index (χ0n) is 12.1. The van der Waals surface area contributed by atoms with Crippen LogP contribution in [0.4, 0.5) is 0 Å². The molecule has 0 saturated carbocycles. The van der Waals surface area contributed by atoms with E-state index in [1.165, 1.54) is 0 Å². The van der Waals surface area contributed by atoms with Crippen molar-refractivity contribution in [2.45, 2.75) is 0 Å². The Hall–Kier alpha value is -2.80. The smallest absolute Gasteiger partial charge is 0.396 e. The molecule has 0 radical (unpaired) electrons. The highest BCUT2D eigenvalue weighted by Gasteiger charge is 2.13. The lowest BCUT2D eigenvalue weighted by molar-refractivity contribution is -0.139. The first-order valence-corrected chi connectivity index (χ1v) is 7.45. The minimum absolute atomic E-state index is 0.364. The zero-order chi connectivity index (χ0) is 16.4. The topological polar surface area (TPSA) is 86.0 Å². The van der Waals surface area contributed by atoms with Crippen molar-refractivity contribution in [3.05, 3.63) is 46.1 Å². The van der Waals surface area contributed by atoms with Gasteiger partial charge in [0, 0.05) is 11.6 Å². The minimum atomic E-state index is -1.07. The average molecular weight is 332 g/mol. The number of fused-ring (bicyclic) bond motifs is 1. The molecule has 0 atom stereocenters. The molecular weight excluding hydrogens is 320 g/mol. The van der Waals surface area contributed by atoms with E-state index in [2.05, 4.69) is 0 Å². The van der Waals surface area contributed by atoms with Crippen LogP contribution in [0.3, 0.4) is 0 Å². The van der Waals surface area contributed by atoms with Crippen molar-refractivity contribution < 1.29 is 23.8 Å². The lowest BCUT2D eigenvalue weighted by Crippen LogP contribution is -2.09. The first-order chi connectivity index (χ1) is 11.1. The van der Waals surface area contributed by atoms with Crippen molar-refractivity contribution in [1.82, 2.24) is 0 Å². The van der Waals surface area contributed by atoms with E-state index in [1.54, 1.807) is 31.4 Å². The first kappa shape index (κ1) is 15.1. The maximum absolute atomic E-state index is 11.5. The number of carboxylic acids is 1. The number of aliphatic carboxylic acids is 1. The molecule has 0 aliphatic heterocycles. The van der Waals surface area contributed by atoms with E-state index in [9.17, 15) is 9.59 Å². The zero-order valence-corrected chi connectivity index (χ0v) is 12.9. The summed E-state index contributed by atoms with van der Waals surface area (Å²) in [5, 5.41) is 8.73. The molecule has 0 saturated heterocycles. The van der Waals surface area contributed by atoms with Gasteiger partial charge in [-0.25, -0.2) is 9.59 Å². The first-order valence-electron chi connectivity index (χ1n) is 6.63. The summed E-state index contributed by atoms with van der Waals surface area (Å²) < 4.78 is 16.2. The minimum Gasteiger partial charge on any atom is -0.497 e. The SMILES string of the molecule is COc1ccc(-c2cc(OCC(=O)O)cc3sc(=O)oc23)cc1. The van der Waals surface area contributed by atoms with Crippen molar-refractivity contribution in [1.29, 1.82) is 0 Å². The van der Waals surface area contributed by atoms with Gasteiger partial charge in [-0.05, 0) is 23.8 Å². The molecule has 0 spiro atoms. The number of ether oxygens (including phenoxy) is 2. The summed E-state index contributed by atoms with van der Waals surface area (Å²) in [6, 6.07) is 10.5. The van der Waals surface area contributed by atoms with Crippen molar-refractivity contribution in [3.63, 3.8) is 0 Å². The molecule has 7 heteroatoms. The van der Waals surface area contributed by atoms with Crippen molar-refractivity contribution >= 4 is 27.6 Å². The maximum atomic E-state index is 11.5. The molecule has 0 unspecified atom stereocenters. The van der Waals surface area contributed by atoms with E-state index >= 15 is 0 Å². The fourth-order valence-corrected chi connectivity index (χ4v) is 2.89. The van der Waals surface area contributed by atoms with Crippen LogP contribution in [-0.2, 0) is 4.79 Å². The Morgan fingerprint density at radius 1 is 1.22 bits per heavy atom. The third kappa shape index (κ3) is 3.19. The Morgan fingerprint density at radius 2 is 1.96 bits per heavy atom. The molecule has 6 nitrogen and oxygen atoms in total. The third-order valence-corrected chi connectivity index (χ3v) is 3.94. The number of carboxylic acid groups (broad SMARTS) is 1. The van der Waals surface area contributed by atoms with Gasteiger partial charge in [-0.3, -0.25) is 0 Å². The summed E-state index contributed by atoms with van der Waals surface area (Å²) in [5.41, 5.74) is 1.91. The molecule has 2 aromatic carbocycles. The molecule has 1 aromatic heterocycles. The van der Waals surface area contributed by atoms with Gasteiger partial charge in [0.15, 0.2) is 12.2 Å². The van der Waals surface area contributed by atoms with Crippen LogP contribution < -0.4 is 14.4 Å². The predicted octanol–water partition coefficient (Wildman–Crippen LogP) is 2.99. The second-order valence-electron chi connectivity index (χ2n) is 4.66. The van der Waals surface area contributed by atoms with Gasteiger partial charge in [-0.15, -0.1) is 0 Å². The van der Waals surface area contributed by atoms with Gasteiger partial charge < -0.3 is 19.0 Å².